The van der Waals surface area contributed by atoms with Crippen LogP contribution in [0.1, 0.15) is 35.6 Å². The van der Waals surface area contributed by atoms with Crippen molar-refractivity contribution in [1.29, 1.82) is 0 Å². The largest absolute Gasteiger partial charge is 0.467 e. The summed E-state index contributed by atoms with van der Waals surface area (Å²) in [5.41, 5.74) is -0.599. The van der Waals surface area contributed by atoms with Crippen LogP contribution in [0.3, 0.4) is 0 Å². The highest BCUT2D eigenvalue weighted by molar-refractivity contribution is 5.94. The van der Waals surface area contributed by atoms with E-state index < -0.39 is 41.1 Å². The van der Waals surface area contributed by atoms with Gasteiger partial charge in [0.25, 0.3) is 5.91 Å². The average Bonchev–Trinajstić information content (AvgIpc) is 2.96. The van der Waals surface area contributed by atoms with E-state index in [-0.39, 0.29) is 6.42 Å². The van der Waals surface area contributed by atoms with Crippen molar-refractivity contribution in [2.24, 2.45) is 0 Å². The molecule has 2 rings (SSSR count). The number of carbonyl (C=O) groups is 1. The predicted octanol–water partition coefficient (Wildman–Crippen LogP) is 2.94. The highest BCUT2D eigenvalue weighted by Gasteiger charge is 2.20. The number of halogens is 3. The number of benzene rings is 1. The number of aliphatic hydroxyl groups is 1. The molecule has 2 aromatic rings. The summed E-state index contributed by atoms with van der Waals surface area (Å²) in [4.78, 5) is 11.9. The van der Waals surface area contributed by atoms with E-state index >= 15 is 0 Å². The SMILES string of the molecule is C[C@H](C[C@H](O)c1ccco1)NC(=O)c1cc(F)c(F)cc1F. The molecule has 22 heavy (non-hydrogen) atoms. The maximum atomic E-state index is 13.5. The first kappa shape index (κ1) is 16.1. The lowest BCUT2D eigenvalue weighted by Crippen LogP contribution is -2.34. The summed E-state index contributed by atoms with van der Waals surface area (Å²) in [7, 11) is 0. The van der Waals surface area contributed by atoms with E-state index in [2.05, 4.69) is 5.32 Å². The first-order valence-corrected chi connectivity index (χ1v) is 6.55. The molecule has 1 aromatic carbocycles. The molecule has 0 saturated heterocycles. The number of hydrogen-bond donors (Lipinski definition) is 2. The standard InChI is InChI=1S/C15H14F3NO3/c1-8(5-13(20)14-3-2-4-22-14)19-15(21)9-6-11(17)12(18)7-10(9)16/h2-4,6-8,13,20H,5H2,1H3,(H,19,21)/t8-,13+/m1/s1. The van der Waals surface area contributed by atoms with Crippen LogP contribution >= 0.6 is 0 Å². The zero-order chi connectivity index (χ0) is 16.3. The second-order valence-electron chi connectivity index (χ2n) is 4.89. The molecule has 1 aromatic heterocycles. The number of carbonyl (C=O) groups excluding carboxylic acids is 1. The van der Waals surface area contributed by atoms with Gasteiger partial charge in [-0.15, -0.1) is 0 Å². The number of amides is 1. The lowest BCUT2D eigenvalue weighted by Gasteiger charge is -2.17. The molecule has 0 aliphatic rings. The Kier molecular flexibility index (Phi) is 4.87. The van der Waals surface area contributed by atoms with Crippen molar-refractivity contribution in [2.45, 2.75) is 25.5 Å². The Hall–Kier alpha value is -2.28. The zero-order valence-electron chi connectivity index (χ0n) is 11.6. The quantitative estimate of drug-likeness (QED) is 0.834. The number of hydrogen-bond acceptors (Lipinski definition) is 3. The summed E-state index contributed by atoms with van der Waals surface area (Å²) in [5, 5.41) is 12.3. The van der Waals surface area contributed by atoms with Gasteiger partial charge >= 0.3 is 0 Å². The van der Waals surface area contributed by atoms with Crippen molar-refractivity contribution in [2.75, 3.05) is 0 Å². The van der Waals surface area contributed by atoms with Crippen LogP contribution in [0, 0.1) is 17.5 Å². The molecular weight excluding hydrogens is 299 g/mol. The molecule has 0 radical (unpaired) electrons. The van der Waals surface area contributed by atoms with Crippen molar-refractivity contribution in [3.63, 3.8) is 0 Å². The summed E-state index contributed by atoms with van der Waals surface area (Å²) in [6, 6.07) is 3.45. The molecule has 7 heteroatoms. The second kappa shape index (κ2) is 6.65. The highest BCUT2D eigenvalue weighted by Crippen LogP contribution is 2.19. The fourth-order valence-corrected chi connectivity index (χ4v) is 1.99. The molecule has 4 nitrogen and oxygen atoms in total. The number of nitrogens with one attached hydrogen (secondary N) is 1. The fourth-order valence-electron chi connectivity index (χ4n) is 1.99. The van der Waals surface area contributed by atoms with Gasteiger partial charge in [-0.25, -0.2) is 13.2 Å². The normalized spacial score (nSPS) is 13.7. The van der Waals surface area contributed by atoms with Crippen LogP contribution in [0.5, 0.6) is 0 Å². The summed E-state index contributed by atoms with van der Waals surface area (Å²) in [5.74, 6) is -4.39. The third-order valence-electron chi connectivity index (χ3n) is 3.08. The van der Waals surface area contributed by atoms with E-state index in [0.29, 0.717) is 17.9 Å². The van der Waals surface area contributed by atoms with Crippen LogP contribution in [0.4, 0.5) is 13.2 Å². The number of furan rings is 1. The fraction of sp³-hybridized carbons (Fsp3) is 0.267. The molecule has 0 unspecified atom stereocenters. The van der Waals surface area contributed by atoms with E-state index in [9.17, 15) is 23.1 Å². The molecule has 0 bridgehead atoms. The molecule has 1 heterocycles. The lowest BCUT2D eigenvalue weighted by molar-refractivity contribution is 0.0898. The molecular formula is C15H14F3NO3. The minimum Gasteiger partial charge on any atom is -0.467 e. The maximum absolute atomic E-state index is 13.5. The number of aliphatic hydroxyl groups excluding tert-OH is 1. The Morgan fingerprint density at radius 2 is 1.95 bits per heavy atom. The summed E-state index contributed by atoms with van der Waals surface area (Å²) in [6.07, 6.45) is 0.573. The summed E-state index contributed by atoms with van der Waals surface area (Å²) >= 11 is 0. The molecule has 0 aliphatic carbocycles. The van der Waals surface area contributed by atoms with Gasteiger partial charge in [0, 0.05) is 18.5 Å². The maximum Gasteiger partial charge on any atom is 0.254 e. The Bertz CT molecular complexity index is 658. The van der Waals surface area contributed by atoms with Crippen LogP contribution in [0.25, 0.3) is 0 Å². The Labute approximate surface area is 124 Å². The molecule has 2 atom stereocenters. The van der Waals surface area contributed by atoms with Gasteiger partial charge in [0.05, 0.1) is 11.8 Å². The summed E-state index contributed by atoms with van der Waals surface area (Å²) in [6.45, 7) is 1.59. The molecule has 2 N–H and O–H groups in total. The molecule has 1 amide bonds. The molecule has 0 fully saturated rings. The topological polar surface area (TPSA) is 62.5 Å². The minimum absolute atomic E-state index is 0.116. The first-order chi connectivity index (χ1) is 10.4. The Morgan fingerprint density at radius 3 is 2.59 bits per heavy atom. The minimum atomic E-state index is -1.37. The van der Waals surface area contributed by atoms with Crippen molar-refractivity contribution in [3.05, 3.63) is 59.3 Å². The van der Waals surface area contributed by atoms with Gasteiger partial charge in [-0.3, -0.25) is 4.79 Å². The van der Waals surface area contributed by atoms with Gasteiger partial charge in [-0.1, -0.05) is 0 Å². The van der Waals surface area contributed by atoms with Crippen LogP contribution < -0.4 is 5.32 Å². The van der Waals surface area contributed by atoms with Crippen molar-refractivity contribution >= 4 is 5.91 Å². The Morgan fingerprint density at radius 1 is 1.27 bits per heavy atom. The van der Waals surface area contributed by atoms with Crippen LogP contribution in [-0.2, 0) is 0 Å². The second-order valence-corrected chi connectivity index (χ2v) is 4.89. The average molecular weight is 313 g/mol. The predicted molar refractivity (Wildman–Crippen MR) is 71.5 cm³/mol. The number of rotatable bonds is 5. The van der Waals surface area contributed by atoms with Crippen molar-refractivity contribution < 1.29 is 27.5 Å². The van der Waals surface area contributed by atoms with Gasteiger partial charge < -0.3 is 14.8 Å². The third kappa shape index (κ3) is 3.67. The molecule has 0 aliphatic heterocycles. The monoisotopic (exact) mass is 313 g/mol. The Balaban J connectivity index is 2.01. The van der Waals surface area contributed by atoms with Gasteiger partial charge in [0.2, 0.25) is 0 Å². The molecule has 0 spiro atoms. The van der Waals surface area contributed by atoms with Crippen molar-refractivity contribution in [1.82, 2.24) is 5.32 Å². The van der Waals surface area contributed by atoms with Crippen LogP contribution in [0.15, 0.2) is 34.9 Å². The molecule has 118 valence electrons. The van der Waals surface area contributed by atoms with E-state index in [1.165, 1.54) is 6.26 Å². The zero-order valence-corrected chi connectivity index (χ0v) is 11.6. The van der Waals surface area contributed by atoms with E-state index in [1.54, 1.807) is 19.1 Å². The van der Waals surface area contributed by atoms with Crippen LogP contribution in [0.2, 0.25) is 0 Å². The summed E-state index contributed by atoms with van der Waals surface area (Å²) < 4.78 is 44.4. The van der Waals surface area contributed by atoms with Gasteiger partial charge in [-0.05, 0) is 25.1 Å². The van der Waals surface area contributed by atoms with E-state index in [1.807, 2.05) is 0 Å². The van der Waals surface area contributed by atoms with E-state index in [0.717, 1.165) is 0 Å². The van der Waals surface area contributed by atoms with Crippen molar-refractivity contribution in [3.8, 4) is 0 Å². The van der Waals surface area contributed by atoms with Gasteiger partial charge in [-0.2, -0.15) is 0 Å². The highest BCUT2D eigenvalue weighted by atomic mass is 19.2. The van der Waals surface area contributed by atoms with Gasteiger partial charge in [0.1, 0.15) is 17.7 Å². The van der Waals surface area contributed by atoms with Crippen LogP contribution in [-0.4, -0.2) is 17.1 Å². The van der Waals surface area contributed by atoms with E-state index in [4.69, 9.17) is 4.42 Å². The third-order valence-corrected chi connectivity index (χ3v) is 3.08. The smallest absolute Gasteiger partial charge is 0.254 e. The molecule has 0 saturated carbocycles. The first-order valence-electron chi connectivity index (χ1n) is 6.55. The lowest BCUT2D eigenvalue weighted by atomic mass is 10.1. The van der Waals surface area contributed by atoms with Gasteiger partial charge in [0.15, 0.2) is 11.6 Å².